The molecule has 0 fully saturated rings. The molecule has 1 aromatic carbocycles. The van der Waals surface area contributed by atoms with Gasteiger partial charge in [0.05, 0.1) is 19.4 Å². The maximum atomic E-state index is 11.7. The van der Waals surface area contributed by atoms with Gasteiger partial charge in [-0.2, -0.15) is 0 Å². The molecule has 5 heteroatoms. The van der Waals surface area contributed by atoms with Crippen LogP contribution in [0, 0.1) is 0 Å². The maximum absolute atomic E-state index is 11.7. The lowest BCUT2D eigenvalue weighted by atomic mass is 10.1. The van der Waals surface area contributed by atoms with Crippen molar-refractivity contribution >= 4 is 11.9 Å². The van der Waals surface area contributed by atoms with Gasteiger partial charge >= 0.3 is 5.97 Å². The second-order valence-electron chi connectivity index (χ2n) is 4.50. The minimum absolute atomic E-state index is 0.0740. The molecule has 1 aromatic rings. The van der Waals surface area contributed by atoms with E-state index in [1.165, 1.54) is 0 Å². The van der Waals surface area contributed by atoms with Gasteiger partial charge in [0.2, 0.25) is 5.91 Å². The summed E-state index contributed by atoms with van der Waals surface area (Å²) in [4.78, 5) is 22.2. The molecule has 1 rings (SSSR count). The Morgan fingerprint density at radius 2 is 2.05 bits per heavy atom. The Morgan fingerprint density at radius 3 is 2.68 bits per heavy atom. The third-order valence-electron chi connectivity index (χ3n) is 2.56. The first-order valence-corrected chi connectivity index (χ1v) is 6.09. The van der Waals surface area contributed by atoms with Crippen LogP contribution in [-0.2, 0) is 27.4 Å². The zero-order valence-electron chi connectivity index (χ0n) is 11.2. The van der Waals surface area contributed by atoms with Gasteiger partial charge in [-0.15, -0.1) is 0 Å². The summed E-state index contributed by atoms with van der Waals surface area (Å²) < 4.78 is 5.03. The Bertz CT molecular complexity index is 445. The van der Waals surface area contributed by atoms with Gasteiger partial charge in [0.25, 0.3) is 0 Å². The molecule has 0 heterocycles. The number of hydrogen-bond acceptors (Lipinski definition) is 3. The van der Waals surface area contributed by atoms with Gasteiger partial charge in [-0.05, 0) is 18.1 Å². The molecule has 0 aromatic heterocycles. The van der Waals surface area contributed by atoms with Gasteiger partial charge in [-0.3, -0.25) is 9.59 Å². The smallest absolute Gasteiger partial charge is 0.305 e. The number of amides is 1. The van der Waals surface area contributed by atoms with Crippen molar-refractivity contribution < 1.29 is 19.4 Å². The third-order valence-corrected chi connectivity index (χ3v) is 2.56. The number of carbonyl (C=O) groups excluding carboxylic acids is 1. The van der Waals surface area contributed by atoms with Crippen molar-refractivity contribution in [3.63, 3.8) is 0 Å². The predicted molar refractivity (Wildman–Crippen MR) is 70.7 cm³/mol. The molecule has 0 bridgehead atoms. The molecule has 0 aliphatic rings. The van der Waals surface area contributed by atoms with E-state index < -0.39 is 5.97 Å². The molecule has 0 spiro atoms. The van der Waals surface area contributed by atoms with Crippen LogP contribution in [0.15, 0.2) is 24.3 Å². The molecule has 1 atom stereocenters. The predicted octanol–water partition coefficient (Wildman–Crippen LogP) is 1.35. The van der Waals surface area contributed by atoms with Crippen molar-refractivity contribution in [2.24, 2.45) is 0 Å². The molecule has 0 radical (unpaired) electrons. The van der Waals surface area contributed by atoms with Crippen LogP contribution in [0.4, 0.5) is 0 Å². The molecule has 104 valence electrons. The van der Waals surface area contributed by atoms with Crippen LogP contribution in [-0.4, -0.2) is 30.1 Å². The van der Waals surface area contributed by atoms with Crippen molar-refractivity contribution in [3.05, 3.63) is 35.4 Å². The summed E-state index contributed by atoms with van der Waals surface area (Å²) in [6.45, 7) is 2.18. The number of nitrogens with one attached hydrogen (secondary N) is 1. The highest BCUT2D eigenvalue weighted by Gasteiger charge is 2.11. The maximum Gasteiger partial charge on any atom is 0.305 e. The first-order chi connectivity index (χ1) is 9.01. The fourth-order valence-electron chi connectivity index (χ4n) is 1.82. The number of rotatable bonds is 7. The van der Waals surface area contributed by atoms with Crippen LogP contribution in [0.3, 0.4) is 0 Å². The summed E-state index contributed by atoms with van der Waals surface area (Å²) in [7, 11) is 1.62. The van der Waals surface area contributed by atoms with E-state index in [-0.39, 0.29) is 24.8 Å². The van der Waals surface area contributed by atoms with Gasteiger partial charge in [0.15, 0.2) is 0 Å². The molecule has 2 N–H and O–H groups in total. The number of aliphatic carboxylic acids is 1. The first-order valence-electron chi connectivity index (χ1n) is 6.09. The monoisotopic (exact) mass is 265 g/mol. The fraction of sp³-hybridized carbons (Fsp3) is 0.429. The van der Waals surface area contributed by atoms with E-state index >= 15 is 0 Å². The van der Waals surface area contributed by atoms with E-state index in [0.29, 0.717) is 6.61 Å². The lowest BCUT2D eigenvalue weighted by molar-refractivity contribution is -0.137. The van der Waals surface area contributed by atoms with Gasteiger partial charge in [0.1, 0.15) is 0 Å². The second-order valence-corrected chi connectivity index (χ2v) is 4.50. The summed E-state index contributed by atoms with van der Waals surface area (Å²) in [5, 5.41) is 11.3. The van der Waals surface area contributed by atoms with Crippen LogP contribution in [0.25, 0.3) is 0 Å². The fourth-order valence-corrected chi connectivity index (χ4v) is 1.82. The summed E-state index contributed by atoms with van der Waals surface area (Å²) in [6.07, 6.45) is 0.164. The van der Waals surface area contributed by atoms with E-state index in [0.717, 1.165) is 11.1 Å². The van der Waals surface area contributed by atoms with Crippen LogP contribution in [0.1, 0.15) is 24.5 Å². The van der Waals surface area contributed by atoms with Gasteiger partial charge in [-0.1, -0.05) is 24.3 Å². The number of hydrogen-bond donors (Lipinski definition) is 2. The molecule has 0 saturated carbocycles. The summed E-state index contributed by atoms with van der Waals surface area (Å²) in [5.74, 6) is -1.10. The lowest BCUT2D eigenvalue weighted by Crippen LogP contribution is -2.35. The topological polar surface area (TPSA) is 75.6 Å². The molecule has 19 heavy (non-hydrogen) atoms. The highest BCUT2D eigenvalue weighted by atomic mass is 16.5. The van der Waals surface area contributed by atoms with Gasteiger partial charge < -0.3 is 15.2 Å². The number of carboxylic acid groups (broad SMARTS) is 1. The number of methoxy groups -OCH3 is 1. The average Bonchev–Trinajstić information content (AvgIpc) is 2.28. The van der Waals surface area contributed by atoms with E-state index in [4.69, 9.17) is 9.84 Å². The van der Waals surface area contributed by atoms with E-state index in [1.54, 1.807) is 14.0 Å². The lowest BCUT2D eigenvalue weighted by Gasteiger charge is -2.11. The molecule has 0 aliphatic carbocycles. The minimum atomic E-state index is -0.921. The van der Waals surface area contributed by atoms with E-state index in [1.807, 2.05) is 24.3 Å². The van der Waals surface area contributed by atoms with Crippen molar-refractivity contribution in [2.45, 2.75) is 32.4 Å². The third kappa shape index (κ3) is 6.01. The molecule has 1 amide bonds. The van der Waals surface area contributed by atoms with Crippen LogP contribution >= 0.6 is 0 Å². The standard InChI is InChI=1S/C14H19NO4/c1-10(6-14(17)18)15-13(16)8-11-4-3-5-12(7-11)9-19-2/h3-5,7,10H,6,8-9H2,1-2H3,(H,15,16)(H,17,18). The first kappa shape index (κ1) is 15.2. The van der Waals surface area contributed by atoms with Crippen molar-refractivity contribution in [1.29, 1.82) is 0 Å². The Hall–Kier alpha value is -1.88. The van der Waals surface area contributed by atoms with Crippen molar-refractivity contribution in [1.82, 2.24) is 5.32 Å². The summed E-state index contributed by atoms with van der Waals surface area (Å²) in [6, 6.07) is 7.20. The zero-order valence-corrected chi connectivity index (χ0v) is 11.2. The molecule has 0 saturated heterocycles. The Labute approximate surface area is 112 Å². The van der Waals surface area contributed by atoms with Crippen LogP contribution in [0.2, 0.25) is 0 Å². The Morgan fingerprint density at radius 1 is 1.37 bits per heavy atom. The van der Waals surface area contributed by atoms with Gasteiger partial charge in [0, 0.05) is 13.2 Å². The summed E-state index contributed by atoms with van der Waals surface area (Å²) in [5.41, 5.74) is 1.89. The number of carboxylic acids is 1. The number of carbonyl (C=O) groups is 2. The van der Waals surface area contributed by atoms with Gasteiger partial charge in [-0.25, -0.2) is 0 Å². The average molecular weight is 265 g/mol. The molecule has 1 unspecified atom stereocenters. The van der Waals surface area contributed by atoms with E-state index in [9.17, 15) is 9.59 Å². The largest absolute Gasteiger partial charge is 0.481 e. The summed E-state index contributed by atoms with van der Waals surface area (Å²) >= 11 is 0. The van der Waals surface area contributed by atoms with Crippen LogP contribution in [0.5, 0.6) is 0 Å². The Kier molecular flexibility index (Phi) is 6.02. The Balaban J connectivity index is 2.52. The highest BCUT2D eigenvalue weighted by molar-refractivity contribution is 5.79. The van der Waals surface area contributed by atoms with E-state index in [2.05, 4.69) is 5.32 Å². The SMILES string of the molecule is COCc1cccc(CC(=O)NC(C)CC(=O)O)c1. The molecule has 5 nitrogen and oxygen atoms in total. The zero-order chi connectivity index (χ0) is 14.3. The number of benzene rings is 1. The number of ether oxygens (including phenoxy) is 1. The molecule has 0 aliphatic heterocycles. The quantitative estimate of drug-likeness (QED) is 0.780. The second kappa shape index (κ2) is 7.53. The van der Waals surface area contributed by atoms with Crippen molar-refractivity contribution in [3.8, 4) is 0 Å². The molecular weight excluding hydrogens is 246 g/mol. The van der Waals surface area contributed by atoms with Crippen LogP contribution < -0.4 is 5.32 Å². The van der Waals surface area contributed by atoms with Crippen molar-refractivity contribution in [2.75, 3.05) is 7.11 Å². The minimum Gasteiger partial charge on any atom is -0.481 e. The highest BCUT2D eigenvalue weighted by Crippen LogP contribution is 2.07. The molecular formula is C14H19NO4. The normalized spacial score (nSPS) is 11.9.